The number of rotatable bonds is 5. The lowest BCUT2D eigenvalue weighted by atomic mass is 9.96. The Balaban J connectivity index is 0.00000364. The highest BCUT2D eigenvalue weighted by molar-refractivity contribution is 14.0. The van der Waals surface area contributed by atoms with Crippen molar-refractivity contribution in [1.82, 2.24) is 16.0 Å². The minimum absolute atomic E-state index is 0. The molecular weight excluding hydrogens is 521 g/mol. The molecule has 6 nitrogen and oxygen atoms in total. The molecule has 2 rings (SSSR count). The zero-order chi connectivity index (χ0) is 19.2. The second-order valence-corrected chi connectivity index (χ2v) is 8.47. The van der Waals surface area contributed by atoms with Gasteiger partial charge >= 0.3 is 0 Å². The fourth-order valence-corrected chi connectivity index (χ4v) is 3.04. The Morgan fingerprint density at radius 2 is 1.85 bits per heavy atom. The number of hydrogen-bond acceptors (Lipinski definition) is 3. The minimum Gasteiger partial charge on any atom is -0.369 e. The fourth-order valence-electron chi connectivity index (χ4n) is 2.77. The van der Waals surface area contributed by atoms with Crippen LogP contribution in [0, 0.1) is 5.41 Å². The van der Waals surface area contributed by atoms with Crippen LogP contribution < -0.4 is 20.9 Å². The third-order valence-electron chi connectivity index (χ3n) is 4.33. The number of hydrogen-bond donors (Lipinski definition) is 3. The van der Waals surface area contributed by atoms with Gasteiger partial charge in [0.05, 0.1) is 0 Å². The first-order valence-electron chi connectivity index (χ1n) is 9.05. The summed E-state index contributed by atoms with van der Waals surface area (Å²) >= 11 is 3.48. The van der Waals surface area contributed by atoms with E-state index in [1.54, 1.807) is 7.05 Å². The zero-order valence-electron chi connectivity index (χ0n) is 16.5. The van der Waals surface area contributed by atoms with Gasteiger partial charge in [0.25, 0.3) is 0 Å². The third kappa shape index (κ3) is 7.85. The van der Waals surface area contributed by atoms with Gasteiger partial charge in [-0.1, -0.05) is 36.7 Å². The van der Waals surface area contributed by atoms with E-state index in [4.69, 9.17) is 0 Å². The number of benzene rings is 1. The average molecular weight is 552 g/mol. The quantitative estimate of drug-likeness (QED) is 0.228. The first-order valence-corrected chi connectivity index (χ1v) is 9.85. The zero-order valence-corrected chi connectivity index (χ0v) is 20.4. The van der Waals surface area contributed by atoms with E-state index < -0.39 is 0 Å². The highest BCUT2D eigenvalue weighted by Crippen LogP contribution is 2.22. The Hall–Kier alpha value is -1.03. The predicted octanol–water partition coefficient (Wildman–Crippen LogP) is 2.97. The highest BCUT2D eigenvalue weighted by Gasteiger charge is 2.23. The van der Waals surface area contributed by atoms with Gasteiger partial charge in [-0.3, -0.25) is 9.79 Å². The normalized spacial score (nSPS) is 17.3. The number of aliphatic imine (C=N–C) groups is 1. The van der Waals surface area contributed by atoms with Crippen LogP contribution >= 0.6 is 39.9 Å². The molecule has 0 radical (unpaired) electrons. The van der Waals surface area contributed by atoms with Crippen LogP contribution in [0.1, 0.15) is 27.2 Å². The Morgan fingerprint density at radius 1 is 1.22 bits per heavy atom. The number of carbonyl (C=O) groups is 1. The SMILES string of the molecule is CN=C(NCCNC(=O)C(C)(C)C)NC1CCN(c2ccc(Br)cc2)C1.I. The summed E-state index contributed by atoms with van der Waals surface area (Å²) in [7, 11) is 1.77. The van der Waals surface area contributed by atoms with Crippen molar-refractivity contribution in [1.29, 1.82) is 0 Å². The van der Waals surface area contributed by atoms with Crippen molar-refractivity contribution in [3.63, 3.8) is 0 Å². The van der Waals surface area contributed by atoms with Gasteiger partial charge in [-0.2, -0.15) is 0 Å². The lowest BCUT2D eigenvalue weighted by molar-refractivity contribution is -0.128. The Kier molecular flexibility index (Phi) is 9.86. The Bertz CT molecular complexity index is 630. The number of halogens is 2. The van der Waals surface area contributed by atoms with E-state index in [-0.39, 0.29) is 35.3 Å². The highest BCUT2D eigenvalue weighted by atomic mass is 127. The largest absolute Gasteiger partial charge is 0.369 e. The second kappa shape index (κ2) is 11.1. The molecule has 0 bridgehead atoms. The van der Waals surface area contributed by atoms with Gasteiger partial charge in [0.15, 0.2) is 5.96 Å². The molecular formula is C19H31BrIN5O. The Labute approximate surface area is 188 Å². The molecule has 1 amide bonds. The minimum atomic E-state index is -0.361. The summed E-state index contributed by atoms with van der Waals surface area (Å²) in [5, 5.41) is 9.67. The van der Waals surface area contributed by atoms with E-state index in [1.807, 2.05) is 20.8 Å². The molecule has 1 aliphatic rings. The van der Waals surface area contributed by atoms with E-state index in [0.29, 0.717) is 19.1 Å². The lowest BCUT2D eigenvalue weighted by Crippen LogP contribution is -2.47. The lowest BCUT2D eigenvalue weighted by Gasteiger charge is -2.21. The number of guanidine groups is 1. The number of amides is 1. The van der Waals surface area contributed by atoms with Crippen LogP contribution in [-0.2, 0) is 4.79 Å². The molecule has 1 atom stereocenters. The molecule has 0 aliphatic carbocycles. The van der Waals surface area contributed by atoms with Crippen molar-refractivity contribution in [2.45, 2.75) is 33.2 Å². The molecule has 27 heavy (non-hydrogen) atoms. The number of nitrogens with zero attached hydrogens (tertiary/aromatic N) is 2. The summed E-state index contributed by atoms with van der Waals surface area (Å²) in [6.07, 6.45) is 1.07. The van der Waals surface area contributed by atoms with Crippen molar-refractivity contribution in [2.24, 2.45) is 10.4 Å². The molecule has 152 valence electrons. The summed E-state index contributed by atoms with van der Waals surface area (Å²) in [6, 6.07) is 8.77. The van der Waals surface area contributed by atoms with Gasteiger partial charge in [0.1, 0.15) is 0 Å². The summed E-state index contributed by atoms with van der Waals surface area (Å²) in [6.45, 7) is 8.92. The molecule has 3 N–H and O–H groups in total. The smallest absolute Gasteiger partial charge is 0.225 e. The average Bonchev–Trinajstić information content (AvgIpc) is 3.05. The van der Waals surface area contributed by atoms with Crippen LogP contribution in [0.2, 0.25) is 0 Å². The molecule has 0 spiro atoms. The molecule has 0 saturated carbocycles. The van der Waals surface area contributed by atoms with Crippen LogP contribution in [0.25, 0.3) is 0 Å². The van der Waals surface area contributed by atoms with Crippen LogP contribution in [0.15, 0.2) is 33.7 Å². The van der Waals surface area contributed by atoms with Crippen molar-refractivity contribution in [2.75, 3.05) is 38.1 Å². The monoisotopic (exact) mass is 551 g/mol. The van der Waals surface area contributed by atoms with E-state index >= 15 is 0 Å². The van der Waals surface area contributed by atoms with Gasteiger partial charge in [-0.15, -0.1) is 24.0 Å². The molecule has 1 heterocycles. The van der Waals surface area contributed by atoms with E-state index in [2.05, 4.69) is 66.0 Å². The van der Waals surface area contributed by atoms with Crippen molar-refractivity contribution in [3.05, 3.63) is 28.7 Å². The van der Waals surface area contributed by atoms with E-state index in [9.17, 15) is 4.79 Å². The first kappa shape index (κ1) is 24.0. The van der Waals surface area contributed by atoms with Gasteiger partial charge in [0, 0.05) is 54.8 Å². The van der Waals surface area contributed by atoms with Crippen molar-refractivity contribution < 1.29 is 4.79 Å². The standard InChI is InChI=1S/C19H30BrN5O.HI/c1-19(2,3)17(26)22-10-11-23-18(21-4)24-15-9-12-25(13-15)16-7-5-14(20)6-8-16;/h5-8,15H,9-13H2,1-4H3,(H,22,26)(H2,21,23,24);1H. The van der Waals surface area contributed by atoms with E-state index in [0.717, 1.165) is 29.9 Å². The predicted molar refractivity (Wildman–Crippen MR) is 127 cm³/mol. The molecule has 1 saturated heterocycles. The molecule has 1 aromatic carbocycles. The van der Waals surface area contributed by atoms with Crippen LogP contribution in [0.3, 0.4) is 0 Å². The molecule has 1 aromatic rings. The van der Waals surface area contributed by atoms with Crippen LogP contribution in [0.4, 0.5) is 5.69 Å². The van der Waals surface area contributed by atoms with Crippen molar-refractivity contribution in [3.8, 4) is 0 Å². The summed E-state index contributed by atoms with van der Waals surface area (Å²) in [4.78, 5) is 18.5. The van der Waals surface area contributed by atoms with Gasteiger partial charge in [0.2, 0.25) is 5.91 Å². The maximum atomic E-state index is 11.9. The second-order valence-electron chi connectivity index (χ2n) is 7.56. The molecule has 1 fully saturated rings. The van der Waals surface area contributed by atoms with Gasteiger partial charge in [-0.25, -0.2) is 0 Å². The molecule has 1 aliphatic heterocycles. The van der Waals surface area contributed by atoms with E-state index in [1.165, 1.54) is 5.69 Å². The topological polar surface area (TPSA) is 68.8 Å². The van der Waals surface area contributed by atoms with Gasteiger partial charge < -0.3 is 20.9 Å². The number of anilines is 1. The van der Waals surface area contributed by atoms with Crippen molar-refractivity contribution >= 4 is 57.5 Å². The molecule has 0 aromatic heterocycles. The van der Waals surface area contributed by atoms with Gasteiger partial charge in [-0.05, 0) is 30.7 Å². The van der Waals surface area contributed by atoms with Crippen LogP contribution in [0.5, 0.6) is 0 Å². The Morgan fingerprint density at radius 3 is 2.44 bits per heavy atom. The van der Waals surface area contributed by atoms with Crippen LogP contribution in [-0.4, -0.2) is 51.1 Å². The first-order chi connectivity index (χ1) is 12.3. The maximum absolute atomic E-state index is 11.9. The summed E-state index contributed by atoms with van der Waals surface area (Å²) < 4.78 is 1.10. The summed E-state index contributed by atoms with van der Waals surface area (Å²) in [5.41, 5.74) is 0.880. The maximum Gasteiger partial charge on any atom is 0.225 e. The number of carbonyl (C=O) groups excluding carboxylic acids is 1. The third-order valence-corrected chi connectivity index (χ3v) is 4.86. The fraction of sp³-hybridized carbons (Fsp3) is 0.579. The molecule has 8 heteroatoms. The summed E-state index contributed by atoms with van der Waals surface area (Å²) in [5.74, 6) is 0.834. The molecule has 1 unspecified atom stereocenters. The number of nitrogens with one attached hydrogen (secondary N) is 3.